The fraction of sp³-hybridized carbons (Fsp3) is 0.364. The minimum Gasteiger partial charge on any atom is -0.469 e. The molecule has 0 amide bonds. The Labute approximate surface area is 82.9 Å². The topological polar surface area (TPSA) is 52.3 Å². The number of carbonyl (C=O) groups is 1. The molecule has 0 heterocycles. The van der Waals surface area contributed by atoms with Crippen LogP contribution in [-0.4, -0.2) is 13.1 Å². The number of esters is 1. The minimum atomic E-state index is -0.138. The zero-order valence-corrected chi connectivity index (χ0v) is 8.12. The molecule has 1 aliphatic carbocycles. The summed E-state index contributed by atoms with van der Waals surface area (Å²) in [5, 5.41) is 0. The van der Waals surface area contributed by atoms with E-state index in [0.717, 1.165) is 17.7 Å². The number of ether oxygens (including phenoxy) is 1. The fourth-order valence-corrected chi connectivity index (χ4v) is 2.01. The molecule has 0 aromatic heterocycles. The molecule has 1 unspecified atom stereocenters. The van der Waals surface area contributed by atoms with E-state index in [1.54, 1.807) is 0 Å². The smallest absolute Gasteiger partial charge is 0.309 e. The van der Waals surface area contributed by atoms with Crippen LogP contribution in [0, 0.1) is 5.92 Å². The molecule has 0 radical (unpaired) electrons. The van der Waals surface area contributed by atoms with Gasteiger partial charge in [0.05, 0.1) is 13.0 Å². The van der Waals surface area contributed by atoms with Gasteiger partial charge in [-0.15, -0.1) is 0 Å². The Hall–Kier alpha value is -1.51. The highest BCUT2D eigenvalue weighted by atomic mass is 16.5. The predicted molar refractivity (Wildman–Crippen MR) is 53.8 cm³/mol. The van der Waals surface area contributed by atoms with Crippen LogP contribution in [0.2, 0.25) is 0 Å². The van der Waals surface area contributed by atoms with E-state index in [-0.39, 0.29) is 11.9 Å². The van der Waals surface area contributed by atoms with E-state index in [1.165, 1.54) is 12.7 Å². The van der Waals surface area contributed by atoms with Gasteiger partial charge in [-0.1, -0.05) is 12.1 Å². The molecule has 74 valence electrons. The lowest BCUT2D eigenvalue weighted by molar-refractivity contribution is -0.145. The number of methoxy groups -OCH3 is 1. The van der Waals surface area contributed by atoms with Crippen LogP contribution in [-0.2, 0) is 22.4 Å². The van der Waals surface area contributed by atoms with E-state index in [9.17, 15) is 4.79 Å². The molecular formula is C11H13NO2. The van der Waals surface area contributed by atoms with Gasteiger partial charge < -0.3 is 10.5 Å². The Bertz CT molecular complexity index is 374. The average Bonchev–Trinajstić information content (AvgIpc) is 2.62. The first-order chi connectivity index (χ1) is 6.72. The predicted octanol–water partition coefficient (Wildman–Crippen LogP) is 1.16. The molecule has 2 N–H and O–H groups in total. The van der Waals surface area contributed by atoms with Crippen LogP contribution < -0.4 is 5.73 Å². The zero-order chi connectivity index (χ0) is 10.1. The molecule has 1 aromatic rings. The van der Waals surface area contributed by atoms with Crippen LogP contribution >= 0.6 is 0 Å². The molecule has 1 aliphatic rings. The second-order valence-electron chi connectivity index (χ2n) is 3.61. The number of anilines is 1. The summed E-state index contributed by atoms with van der Waals surface area (Å²) in [6.45, 7) is 0. The molecule has 14 heavy (non-hydrogen) atoms. The third kappa shape index (κ3) is 1.35. The van der Waals surface area contributed by atoms with Crippen molar-refractivity contribution in [1.82, 2.24) is 0 Å². The molecule has 0 bridgehead atoms. The van der Waals surface area contributed by atoms with Crippen molar-refractivity contribution in [2.45, 2.75) is 12.8 Å². The first-order valence-electron chi connectivity index (χ1n) is 4.66. The van der Waals surface area contributed by atoms with Crippen molar-refractivity contribution in [3.8, 4) is 0 Å². The van der Waals surface area contributed by atoms with Gasteiger partial charge in [-0.05, 0) is 30.0 Å². The lowest BCUT2D eigenvalue weighted by Gasteiger charge is -2.04. The Morgan fingerprint density at radius 1 is 1.50 bits per heavy atom. The number of nitrogen functional groups attached to an aromatic ring is 1. The first-order valence-corrected chi connectivity index (χ1v) is 4.66. The minimum absolute atomic E-state index is 0.0419. The normalized spacial score (nSPS) is 19.1. The standard InChI is InChI=1S/C11H13NO2/c1-14-11(13)8-5-7-3-2-4-10(12)9(7)6-8/h2-4,8H,5-6,12H2,1H3. The summed E-state index contributed by atoms with van der Waals surface area (Å²) >= 11 is 0. The number of carbonyl (C=O) groups excluding carboxylic acids is 1. The highest BCUT2D eigenvalue weighted by molar-refractivity contribution is 5.75. The maximum Gasteiger partial charge on any atom is 0.309 e. The quantitative estimate of drug-likeness (QED) is 0.535. The number of rotatable bonds is 1. The average molecular weight is 191 g/mol. The van der Waals surface area contributed by atoms with Crippen molar-refractivity contribution >= 4 is 11.7 Å². The van der Waals surface area contributed by atoms with E-state index in [1.807, 2.05) is 18.2 Å². The highest BCUT2D eigenvalue weighted by Crippen LogP contribution is 2.31. The monoisotopic (exact) mass is 191 g/mol. The second kappa shape index (κ2) is 3.33. The van der Waals surface area contributed by atoms with Crippen LogP contribution in [0.1, 0.15) is 11.1 Å². The van der Waals surface area contributed by atoms with E-state index in [4.69, 9.17) is 10.5 Å². The van der Waals surface area contributed by atoms with Crippen molar-refractivity contribution < 1.29 is 9.53 Å². The number of hydrogen-bond donors (Lipinski definition) is 1. The molecular weight excluding hydrogens is 178 g/mol. The van der Waals surface area contributed by atoms with Crippen LogP contribution in [0.3, 0.4) is 0 Å². The van der Waals surface area contributed by atoms with E-state index < -0.39 is 0 Å². The van der Waals surface area contributed by atoms with E-state index in [2.05, 4.69) is 0 Å². The van der Waals surface area contributed by atoms with Gasteiger partial charge in [-0.2, -0.15) is 0 Å². The third-order valence-electron chi connectivity index (χ3n) is 2.76. The van der Waals surface area contributed by atoms with E-state index in [0.29, 0.717) is 6.42 Å². The number of hydrogen-bond acceptors (Lipinski definition) is 3. The van der Waals surface area contributed by atoms with Gasteiger partial charge >= 0.3 is 5.97 Å². The summed E-state index contributed by atoms with van der Waals surface area (Å²) < 4.78 is 4.73. The summed E-state index contributed by atoms with van der Waals surface area (Å²) in [5.41, 5.74) is 8.90. The molecule has 0 fully saturated rings. The van der Waals surface area contributed by atoms with Gasteiger partial charge in [0, 0.05) is 5.69 Å². The first kappa shape index (κ1) is 9.06. The van der Waals surface area contributed by atoms with Crippen LogP contribution in [0.15, 0.2) is 18.2 Å². The van der Waals surface area contributed by atoms with Crippen molar-refractivity contribution in [1.29, 1.82) is 0 Å². The third-order valence-corrected chi connectivity index (χ3v) is 2.76. The maximum atomic E-state index is 11.3. The van der Waals surface area contributed by atoms with Crippen molar-refractivity contribution in [3.63, 3.8) is 0 Å². The van der Waals surface area contributed by atoms with Crippen LogP contribution in [0.4, 0.5) is 5.69 Å². The summed E-state index contributed by atoms with van der Waals surface area (Å²) in [7, 11) is 1.43. The van der Waals surface area contributed by atoms with Gasteiger partial charge in [-0.3, -0.25) is 4.79 Å². The van der Waals surface area contributed by atoms with Gasteiger partial charge in [0.2, 0.25) is 0 Å². The maximum absolute atomic E-state index is 11.3. The van der Waals surface area contributed by atoms with E-state index >= 15 is 0 Å². The zero-order valence-electron chi connectivity index (χ0n) is 8.12. The van der Waals surface area contributed by atoms with Crippen LogP contribution in [0.25, 0.3) is 0 Å². The lowest BCUT2D eigenvalue weighted by Crippen LogP contribution is -2.16. The largest absolute Gasteiger partial charge is 0.469 e. The molecule has 0 saturated carbocycles. The van der Waals surface area contributed by atoms with Gasteiger partial charge in [0.15, 0.2) is 0 Å². The SMILES string of the molecule is COC(=O)C1Cc2cccc(N)c2C1. The number of benzene rings is 1. The molecule has 0 saturated heterocycles. The summed E-state index contributed by atoms with van der Waals surface area (Å²) in [4.78, 5) is 11.3. The molecule has 3 nitrogen and oxygen atoms in total. The number of fused-ring (bicyclic) bond motifs is 1. The molecule has 3 heteroatoms. The summed E-state index contributed by atoms with van der Waals surface area (Å²) in [6, 6.07) is 5.82. The van der Waals surface area contributed by atoms with Gasteiger partial charge in [-0.25, -0.2) is 0 Å². The molecule has 0 spiro atoms. The fourth-order valence-electron chi connectivity index (χ4n) is 2.01. The van der Waals surface area contributed by atoms with Gasteiger partial charge in [0.25, 0.3) is 0 Å². The Morgan fingerprint density at radius 3 is 2.93 bits per heavy atom. The molecule has 1 atom stereocenters. The van der Waals surface area contributed by atoms with Crippen molar-refractivity contribution in [3.05, 3.63) is 29.3 Å². The summed E-state index contributed by atoms with van der Waals surface area (Å²) in [5.74, 6) is -0.180. The Morgan fingerprint density at radius 2 is 2.29 bits per heavy atom. The van der Waals surface area contributed by atoms with Gasteiger partial charge in [0.1, 0.15) is 0 Å². The molecule has 0 aliphatic heterocycles. The molecule has 1 aromatic carbocycles. The van der Waals surface area contributed by atoms with Crippen molar-refractivity contribution in [2.24, 2.45) is 5.92 Å². The number of nitrogens with two attached hydrogens (primary N) is 1. The second-order valence-corrected chi connectivity index (χ2v) is 3.61. The Kier molecular flexibility index (Phi) is 2.15. The summed E-state index contributed by atoms with van der Waals surface area (Å²) in [6.07, 6.45) is 1.47. The Balaban J connectivity index is 2.26. The lowest BCUT2D eigenvalue weighted by atomic mass is 10.1. The van der Waals surface area contributed by atoms with Crippen LogP contribution in [0.5, 0.6) is 0 Å². The molecule has 2 rings (SSSR count). The highest BCUT2D eigenvalue weighted by Gasteiger charge is 2.28. The van der Waals surface area contributed by atoms with Crippen molar-refractivity contribution in [2.75, 3.05) is 12.8 Å².